The van der Waals surface area contributed by atoms with E-state index >= 15 is 0 Å². The van der Waals surface area contributed by atoms with Crippen LogP contribution in [-0.4, -0.2) is 22.0 Å². The third kappa shape index (κ3) is 5.13. The lowest BCUT2D eigenvalue weighted by molar-refractivity contribution is -0.123. The first-order valence-electron chi connectivity index (χ1n) is 11.3. The number of fused-ring (bicyclic) bond motifs is 2. The molecule has 31 heavy (non-hydrogen) atoms. The van der Waals surface area contributed by atoms with Crippen molar-refractivity contribution in [3.05, 3.63) is 78.1 Å². The Labute approximate surface area is 184 Å². The first-order chi connectivity index (χ1) is 15.1. The molecule has 0 fully saturated rings. The molecule has 0 unspecified atom stereocenters. The predicted octanol–water partition coefficient (Wildman–Crippen LogP) is 5.72. The summed E-state index contributed by atoms with van der Waals surface area (Å²) in [4.78, 5) is 16.6. The van der Waals surface area contributed by atoms with Gasteiger partial charge < -0.3 is 9.88 Å². The van der Waals surface area contributed by atoms with Gasteiger partial charge in [-0.05, 0) is 47.4 Å². The second-order valence-corrected chi connectivity index (χ2v) is 8.54. The predicted molar refractivity (Wildman–Crippen MR) is 128 cm³/mol. The number of amides is 1. The highest BCUT2D eigenvalue weighted by atomic mass is 16.1. The van der Waals surface area contributed by atoms with Crippen LogP contribution in [-0.2, 0) is 17.8 Å². The van der Waals surface area contributed by atoms with Crippen LogP contribution < -0.4 is 5.32 Å². The minimum absolute atomic E-state index is 0.0509. The minimum Gasteiger partial charge on any atom is -0.356 e. The number of aryl methyl sites for hydroxylation is 1. The molecule has 160 valence electrons. The summed E-state index contributed by atoms with van der Waals surface area (Å²) in [5.74, 6) is 1.33. The topological polar surface area (TPSA) is 46.9 Å². The van der Waals surface area contributed by atoms with Gasteiger partial charge in [0.25, 0.3) is 0 Å². The zero-order chi connectivity index (χ0) is 21.6. The third-order valence-electron chi connectivity index (χ3n) is 5.79. The molecule has 4 aromatic rings. The van der Waals surface area contributed by atoms with Crippen LogP contribution in [0.3, 0.4) is 0 Å². The Morgan fingerprint density at radius 3 is 2.55 bits per heavy atom. The van der Waals surface area contributed by atoms with E-state index in [0.29, 0.717) is 0 Å². The molecule has 1 heterocycles. The maximum absolute atomic E-state index is 11.7. The van der Waals surface area contributed by atoms with E-state index in [1.165, 1.54) is 21.9 Å². The lowest BCUT2D eigenvalue weighted by Crippen LogP contribution is -2.28. The molecular formula is C27H31N3O. The van der Waals surface area contributed by atoms with E-state index in [-0.39, 0.29) is 11.8 Å². The highest BCUT2D eigenvalue weighted by molar-refractivity contribution is 5.83. The van der Waals surface area contributed by atoms with Crippen LogP contribution in [0.5, 0.6) is 0 Å². The van der Waals surface area contributed by atoms with Crippen molar-refractivity contribution in [3.63, 3.8) is 0 Å². The van der Waals surface area contributed by atoms with E-state index < -0.39 is 0 Å². The van der Waals surface area contributed by atoms with Crippen LogP contribution in [0.25, 0.3) is 21.8 Å². The standard InChI is InChI=1S/C27H31N3O/c1-20(2)27(31)28-17-9-3-4-14-26-29-24-12-7-8-13-25(24)30(26)19-21-15-16-22-10-5-6-11-23(22)18-21/h5-8,10-13,15-16,18,20H,3-4,9,14,17,19H2,1-2H3,(H,28,31). The molecule has 1 N–H and O–H groups in total. The Bertz CT molecular complexity index is 1180. The Kier molecular flexibility index (Phi) is 6.66. The molecule has 1 amide bonds. The van der Waals surface area contributed by atoms with Crippen LogP contribution in [0.1, 0.15) is 44.5 Å². The molecule has 0 atom stereocenters. The number of carbonyl (C=O) groups excluding carboxylic acids is 1. The fourth-order valence-electron chi connectivity index (χ4n) is 4.01. The summed E-state index contributed by atoms with van der Waals surface area (Å²) in [5.41, 5.74) is 3.54. The van der Waals surface area contributed by atoms with Crippen molar-refractivity contribution < 1.29 is 4.79 Å². The molecule has 4 rings (SSSR count). The van der Waals surface area contributed by atoms with E-state index in [4.69, 9.17) is 4.98 Å². The maximum atomic E-state index is 11.7. The monoisotopic (exact) mass is 413 g/mol. The van der Waals surface area contributed by atoms with E-state index in [9.17, 15) is 4.79 Å². The molecule has 3 aromatic carbocycles. The normalized spacial score (nSPS) is 11.5. The number of carbonyl (C=O) groups is 1. The van der Waals surface area contributed by atoms with Gasteiger partial charge in [-0.3, -0.25) is 4.79 Å². The molecule has 0 bridgehead atoms. The summed E-state index contributed by atoms with van der Waals surface area (Å²) in [6.07, 6.45) is 4.10. The number of rotatable bonds is 9. The summed E-state index contributed by atoms with van der Waals surface area (Å²) in [7, 11) is 0. The Morgan fingerprint density at radius 2 is 1.71 bits per heavy atom. The van der Waals surface area contributed by atoms with Gasteiger partial charge in [0.1, 0.15) is 5.82 Å². The number of hydrogen-bond acceptors (Lipinski definition) is 2. The van der Waals surface area contributed by atoms with Crippen LogP contribution in [0.2, 0.25) is 0 Å². The fraction of sp³-hybridized carbons (Fsp3) is 0.333. The highest BCUT2D eigenvalue weighted by Gasteiger charge is 2.11. The van der Waals surface area contributed by atoms with Gasteiger partial charge in [0.05, 0.1) is 11.0 Å². The van der Waals surface area contributed by atoms with Gasteiger partial charge in [0.15, 0.2) is 0 Å². The van der Waals surface area contributed by atoms with Crippen LogP contribution in [0.15, 0.2) is 66.7 Å². The summed E-state index contributed by atoms with van der Waals surface area (Å²) in [6, 6.07) is 23.6. The number of hydrogen-bond donors (Lipinski definition) is 1. The minimum atomic E-state index is 0.0509. The van der Waals surface area contributed by atoms with Gasteiger partial charge in [-0.2, -0.15) is 0 Å². The molecule has 4 heteroatoms. The van der Waals surface area contributed by atoms with Crippen molar-refractivity contribution in [1.82, 2.24) is 14.9 Å². The first-order valence-corrected chi connectivity index (χ1v) is 11.3. The van der Waals surface area contributed by atoms with Gasteiger partial charge in [0, 0.05) is 25.4 Å². The maximum Gasteiger partial charge on any atom is 0.222 e. The fourth-order valence-corrected chi connectivity index (χ4v) is 4.01. The quantitative estimate of drug-likeness (QED) is 0.357. The second-order valence-electron chi connectivity index (χ2n) is 8.54. The van der Waals surface area contributed by atoms with Crippen molar-refractivity contribution in [2.45, 2.75) is 46.1 Å². The molecule has 0 aliphatic carbocycles. The van der Waals surface area contributed by atoms with Crippen LogP contribution >= 0.6 is 0 Å². The number of unbranched alkanes of at least 4 members (excludes halogenated alkanes) is 2. The van der Waals surface area contributed by atoms with Crippen molar-refractivity contribution in [1.29, 1.82) is 0 Å². The van der Waals surface area contributed by atoms with Crippen LogP contribution in [0, 0.1) is 5.92 Å². The van der Waals surface area contributed by atoms with Crippen LogP contribution in [0.4, 0.5) is 0 Å². The summed E-state index contributed by atoms with van der Waals surface area (Å²) >= 11 is 0. The molecule has 0 aliphatic heterocycles. The summed E-state index contributed by atoms with van der Waals surface area (Å²) in [6.45, 7) is 5.43. The van der Waals surface area contributed by atoms with E-state index in [1.54, 1.807) is 0 Å². The van der Waals surface area contributed by atoms with Crippen molar-refractivity contribution in [2.75, 3.05) is 6.54 Å². The number of nitrogens with one attached hydrogen (secondary N) is 1. The Morgan fingerprint density at radius 1 is 0.935 bits per heavy atom. The third-order valence-corrected chi connectivity index (χ3v) is 5.79. The Balaban J connectivity index is 1.45. The number of para-hydroxylation sites is 2. The smallest absolute Gasteiger partial charge is 0.222 e. The average molecular weight is 414 g/mol. The van der Waals surface area contributed by atoms with E-state index in [0.717, 1.165) is 50.1 Å². The largest absolute Gasteiger partial charge is 0.356 e. The zero-order valence-corrected chi connectivity index (χ0v) is 18.5. The zero-order valence-electron chi connectivity index (χ0n) is 18.5. The van der Waals surface area contributed by atoms with Gasteiger partial charge >= 0.3 is 0 Å². The number of aromatic nitrogens is 2. The molecular weight excluding hydrogens is 382 g/mol. The SMILES string of the molecule is CC(C)C(=O)NCCCCCc1nc2ccccc2n1Cc1ccc2ccccc2c1. The molecule has 4 nitrogen and oxygen atoms in total. The van der Waals surface area contributed by atoms with Gasteiger partial charge in [0.2, 0.25) is 5.91 Å². The Hall–Kier alpha value is -3.14. The number of imidazole rings is 1. The average Bonchev–Trinajstić information content (AvgIpc) is 3.13. The van der Waals surface area contributed by atoms with E-state index in [2.05, 4.69) is 76.6 Å². The molecule has 0 saturated heterocycles. The lowest BCUT2D eigenvalue weighted by atomic mass is 10.1. The lowest BCUT2D eigenvalue weighted by Gasteiger charge is -2.11. The van der Waals surface area contributed by atoms with Gasteiger partial charge in [-0.1, -0.05) is 68.8 Å². The molecule has 1 aromatic heterocycles. The van der Waals surface area contributed by atoms with Crippen molar-refractivity contribution in [3.8, 4) is 0 Å². The molecule has 0 saturated carbocycles. The van der Waals surface area contributed by atoms with Gasteiger partial charge in [-0.15, -0.1) is 0 Å². The first kappa shape index (κ1) is 21.1. The molecule has 0 radical (unpaired) electrons. The van der Waals surface area contributed by atoms with E-state index in [1.807, 2.05) is 13.8 Å². The van der Waals surface area contributed by atoms with Crippen molar-refractivity contribution >= 4 is 27.7 Å². The highest BCUT2D eigenvalue weighted by Crippen LogP contribution is 2.22. The number of benzene rings is 3. The number of nitrogens with zero attached hydrogens (tertiary/aromatic N) is 2. The molecule has 0 spiro atoms. The van der Waals surface area contributed by atoms with Crippen molar-refractivity contribution in [2.24, 2.45) is 5.92 Å². The summed E-state index contributed by atoms with van der Waals surface area (Å²) in [5, 5.41) is 5.54. The second kappa shape index (κ2) is 9.78. The van der Waals surface area contributed by atoms with Gasteiger partial charge in [-0.25, -0.2) is 4.98 Å². The summed E-state index contributed by atoms with van der Waals surface area (Å²) < 4.78 is 2.36. The molecule has 0 aliphatic rings.